The van der Waals surface area contributed by atoms with Crippen molar-refractivity contribution in [3.63, 3.8) is 0 Å². The molecule has 1 aliphatic rings. The molecule has 4 heterocycles. The molecule has 37 heavy (non-hydrogen) atoms. The normalized spacial score (nSPS) is 17.3. The summed E-state index contributed by atoms with van der Waals surface area (Å²) < 4.78 is 78.3. The van der Waals surface area contributed by atoms with Gasteiger partial charge in [-0.15, -0.1) is 10.2 Å². The minimum Gasteiger partial charge on any atom is -0.479 e. The van der Waals surface area contributed by atoms with Gasteiger partial charge in [0.05, 0.1) is 30.9 Å². The van der Waals surface area contributed by atoms with Gasteiger partial charge in [-0.1, -0.05) is 11.3 Å². The Kier molecular flexibility index (Phi) is 6.07. The summed E-state index contributed by atoms with van der Waals surface area (Å²) in [5.74, 6) is -4.84. The maximum absolute atomic E-state index is 15.2. The molecule has 4 aromatic rings. The molecule has 196 valence electrons. The fourth-order valence-corrected chi connectivity index (χ4v) is 4.36. The monoisotopic (exact) mass is 524 g/mol. The molecule has 1 aromatic carbocycles. The van der Waals surface area contributed by atoms with Gasteiger partial charge in [0.25, 0.3) is 5.92 Å². The fourth-order valence-electron chi connectivity index (χ4n) is 4.36. The molecule has 0 bridgehead atoms. The van der Waals surface area contributed by atoms with Crippen molar-refractivity contribution < 1.29 is 31.5 Å². The number of amides is 1. The van der Waals surface area contributed by atoms with Crippen LogP contribution in [0.2, 0.25) is 0 Å². The van der Waals surface area contributed by atoms with E-state index in [0.717, 1.165) is 20.3 Å². The summed E-state index contributed by atoms with van der Waals surface area (Å²) in [6.45, 7) is -1.84. The Bertz CT molecular complexity index is 1490. The summed E-state index contributed by atoms with van der Waals surface area (Å²) >= 11 is 0. The van der Waals surface area contributed by atoms with Crippen molar-refractivity contribution in [1.82, 2.24) is 34.5 Å². The van der Waals surface area contributed by atoms with Crippen LogP contribution in [-0.2, 0) is 4.79 Å². The lowest BCUT2D eigenvalue weighted by molar-refractivity contribution is -0.129. The number of nitrogens with one attached hydrogen (secondary N) is 1. The number of hydrogen-bond donors (Lipinski definition) is 1. The number of benzene rings is 1. The SMILES string of the molecule is COc1nc(N[C@@H]2CN(C(C)=O)CC2(F)F)nn2cc(F)c(-c3ccc4nnn(C(CF)CF)c4c3)c12. The predicted molar refractivity (Wildman–Crippen MR) is 122 cm³/mol. The number of aromatic nitrogens is 6. The van der Waals surface area contributed by atoms with E-state index in [9.17, 15) is 22.4 Å². The number of hydrogen-bond acceptors (Lipinski definition) is 7. The molecule has 1 fully saturated rings. The third kappa shape index (κ3) is 4.17. The Morgan fingerprint density at radius 1 is 1.30 bits per heavy atom. The van der Waals surface area contributed by atoms with Crippen molar-refractivity contribution in [3.05, 3.63) is 30.2 Å². The summed E-state index contributed by atoms with van der Waals surface area (Å²) in [5, 5.41) is 14.4. The van der Waals surface area contributed by atoms with Crippen LogP contribution in [0.25, 0.3) is 27.7 Å². The van der Waals surface area contributed by atoms with Gasteiger partial charge in [0.15, 0.2) is 5.82 Å². The summed E-state index contributed by atoms with van der Waals surface area (Å²) in [6, 6.07) is 1.90. The average molecular weight is 524 g/mol. The van der Waals surface area contributed by atoms with Crippen LogP contribution in [0, 0.1) is 5.82 Å². The number of anilines is 1. The second-order valence-corrected chi connectivity index (χ2v) is 8.65. The quantitative estimate of drug-likeness (QED) is 0.371. The van der Waals surface area contributed by atoms with Crippen LogP contribution >= 0.6 is 0 Å². The van der Waals surface area contributed by atoms with Gasteiger partial charge in [0.1, 0.15) is 36.5 Å². The molecule has 10 nitrogen and oxygen atoms in total. The van der Waals surface area contributed by atoms with Crippen LogP contribution in [-0.4, -0.2) is 85.9 Å². The number of carbonyl (C=O) groups excluding carboxylic acids is 1. The molecule has 1 N–H and O–H groups in total. The van der Waals surface area contributed by atoms with E-state index in [1.807, 2.05) is 0 Å². The third-order valence-corrected chi connectivity index (χ3v) is 6.27. The van der Waals surface area contributed by atoms with Gasteiger partial charge >= 0.3 is 0 Å². The first-order valence-electron chi connectivity index (χ1n) is 11.2. The standard InChI is InChI=1S/C22H21F5N8O2/c1-11(36)33-9-17(22(26,27)10-33)28-21-29-20(37-2)19-18(14(25)8-34(19)31-21)12-3-4-15-16(5-12)35(32-30-15)13(6-23)7-24/h3-5,8,13,17H,6-7,9-10H2,1-2H3,(H,28,31)/t17-/m1/s1. The maximum atomic E-state index is 15.2. The second kappa shape index (κ2) is 9.12. The molecule has 0 spiro atoms. The van der Waals surface area contributed by atoms with Crippen LogP contribution in [0.15, 0.2) is 24.4 Å². The minimum absolute atomic E-state index is 0.0176. The largest absolute Gasteiger partial charge is 0.479 e. The molecule has 0 unspecified atom stereocenters. The smallest absolute Gasteiger partial charge is 0.286 e. The third-order valence-electron chi connectivity index (χ3n) is 6.27. The van der Waals surface area contributed by atoms with Crippen LogP contribution in [0.3, 0.4) is 0 Å². The molecule has 1 aliphatic heterocycles. The summed E-state index contributed by atoms with van der Waals surface area (Å²) in [4.78, 5) is 16.7. The van der Waals surface area contributed by atoms with Crippen molar-refractivity contribution in [2.75, 3.05) is 38.9 Å². The van der Waals surface area contributed by atoms with Crippen LogP contribution in [0.5, 0.6) is 5.88 Å². The zero-order valence-electron chi connectivity index (χ0n) is 19.6. The summed E-state index contributed by atoms with van der Waals surface area (Å²) in [7, 11) is 1.28. The Balaban J connectivity index is 1.57. The highest BCUT2D eigenvalue weighted by molar-refractivity contribution is 5.90. The minimum atomic E-state index is -3.24. The summed E-state index contributed by atoms with van der Waals surface area (Å²) in [5.41, 5.74) is 1.05. The molecular formula is C22H21F5N8O2. The second-order valence-electron chi connectivity index (χ2n) is 8.65. The first-order valence-corrected chi connectivity index (χ1v) is 11.2. The molecule has 5 rings (SSSR count). The Labute approximate surface area is 206 Å². The number of nitrogens with zero attached hydrogens (tertiary/aromatic N) is 7. The Morgan fingerprint density at radius 3 is 2.70 bits per heavy atom. The average Bonchev–Trinajstić information content (AvgIpc) is 3.52. The molecule has 1 atom stereocenters. The van der Waals surface area contributed by atoms with Crippen molar-refractivity contribution in [3.8, 4) is 17.0 Å². The van der Waals surface area contributed by atoms with Crippen LogP contribution < -0.4 is 10.1 Å². The molecule has 0 radical (unpaired) electrons. The number of alkyl halides is 4. The van der Waals surface area contributed by atoms with Crippen molar-refractivity contribution in [2.24, 2.45) is 0 Å². The molecule has 0 aliphatic carbocycles. The molecule has 0 saturated carbocycles. The van der Waals surface area contributed by atoms with E-state index >= 15 is 4.39 Å². The maximum Gasteiger partial charge on any atom is 0.286 e. The lowest BCUT2D eigenvalue weighted by Crippen LogP contribution is -2.38. The first kappa shape index (κ1) is 24.6. The van der Waals surface area contributed by atoms with Gasteiger partial charge in [0.2, 0.25) is 17.7 Å². The van der Waals surface area contributed by atoms with Gasteiger partial charge < -0.3 is 15.0 Å². The lowest BCUT2D eigenvalue weighted by Gasteiger charge is -2.19. The van der Waals surface area contributed by atoms with Gasteiger partial charge in [-0.3, -0.25) is 4.79 Å². The topological polar surface area (TPSA) is 102 Å². The van der Waals surface area contributed by atoms with Gasteiger partial charge in [0, 0.05) is 13.5 Å². The predicted octanol–water partition coefficient (Wildman–Crippen LogP) is 3.05. The number of methoxy groups -OCH3 is 1. The molecule has 15 heteroatoms. The van der Waals surface area contributed by atoms with Crippen molar-refractivity contribution in [1.29, 1.82) is 0 Å². The van der Waals surface area contributed by atoms with Gasteiger partial charge in [-0.2, -0.15) is 4.98 Å². The van der Waals surface area contributed by atoms with E-state index in [2.05, 4.69) is 25.7 Å². The van der Waals surface area contributed by atoms with Gasteiger partial charge in [-0.05, 0) is 17.7 Å². The fraction of sp³-hybridized carbons (Fsp3) is 0.409. The van der Waals surface area contributed by atoms with Crippen LogP contribution in [0.4, 0.5) is 27.9 Å². The first-order chi connectivity index (χ1) is 17.7. The van der Waals surface area contributed by atoms with E-state index < -0.39 is 49.6 Å². The number of halogens is 5. The highest BCUT2D eigenvalue weighted by atomic mass is 19.3. The Hall–Kier alpha value is -4.04. The van der Waals surface area contributed by atoms with E-state index in [4.69, 9.17) is 4.74 Å². The van der Waals surface area contributed by atoms with E-state index in [1.165, 1.54) is 26.2 Å². The number of fused-ring (bicyclic) bond motifs is 2. The zero-order chi connectivity index (χ0) is 26.5. The van der Waals surface area contributed by atoms with E-state index in [-0.39, 0.29) is 35.0 Å². The number of carbonyl (C=O) groups is 1. The Morgan fingerprint density at radius 2 is 2.05 bits per heavy atom. The van der Waals surface area contributed by atoms with Gasteiger partial charge in [-0.25, -0.2) is 31.1 Å². The molecule has 1 saturated heterocycles. The van der Waals surface area contributed by atoms with Crippen LogP contribution in [0.1, 0.15) is 13.0 Å². The van der Waals surface area contributed by atoms with E-state index in [0.29, 0.717) is 11.1 Å². The highest BCUT2D eigenvalue weighted by Crippen LogP contribution is 2.36. The zero-order valence-corrected chi connectivity index (χ0v) is 19.6. The van der Waals surface area contributed by atoms with E-state index in [1.54, 1.807) is 6.07 Å². The lowest BCUT2D eigenvalue weighted by atomic mass is 10.1. The highest BCUT2D eigenvalue weighted by Gasteiger charge is 2.49. The molecular weight excluding hydrogens is 503 g/mol. The molecule has 3 aromatic heterocycles. The number of likely N-dealkylation sites (tertiary alicyclic amines) is 1. The number of ether oxygens (including phenoxy) is 1. The molecule has 1 amide bonds. The number of rotatable bonds is 7. The van der Waals surface area contributed by atoms with Crippen molar-refractivity contribution >= 4 is 28.4 Å². The summed E-state index contributed by atoms with van der Waals surface area (Å²) in [6.07, 6.45) is 1.03. The van der Waals surface area contributed by atoms with Crippen molar-refractivity contribution in [2.45, 2.75) is 24.9 Å².